The Bertz CT molecular complexity index is 1150. The van der Waals surface area contributed by atoms with Gasteiger partial charge in [-0.05, 0) is 49.2 Å². The van der Waals surface area contributed by atoms with Crippen molar-refractivity contribution in [2.24, 2.45) is 5.73 Å². The third kappa shape index (κ3) is 3.44. The van der Waals surface area contributed by atoms with Crippen molar-refractivity contribution in [2.45, 2.75) is 26.9 Å². The van der Waals surface area contributed by atoms with Crippen LogP contribution in [-0.2, 0) is 13.1 Å². The number of benzene rings is 2. The lowest BCUT2D eigenvalue weighted by atomic mass is 10.1. The fraction of sp³-hybridized carbons (Fsp3) is 0.190. The Hall–Kier alpha value is -3.32. The maximum absolute atomic E-state index is 13.4. The molecule has 3 N–H and O–H groups in total. The standard InChI is InChI=1S/C21H21FN6/c1-13-9-18-16(11-23)6-4-8-19(18)28(13)21-26-14(2)25-20(27-21)24-12-15-5-3-7-17(22)10-15/h3-10H,11-12,23H2,1-2H3,(H,24,25,26,27). The van der Waals surface area contributed by atoms with Gasteiger partial charge >= 0.3 is 0 Å². The molecular formula is C21H21FN6. The summed E-state index contributed by atoms with van der Waals surface area (Å²) in [6, 6.07) is 14.6. The predicted octanol–water partition coefficient (Wildman–Crippen LogP) is 3.64. The molecule has 0 fully saturated rings. The smallest absolute Gasteiger partial charge is 0.239 e. The summed E-state index contributed by atoms with van der Waals surface area (Å²) < 4.78 is 15.4. The highest BCUT2D eigenvalue weighted by atomic mass is 19.1. The zero-order chi connectivity index (χ0) is 19.7. The van der Waals surface area contributed by atoms with Gasteiger partial charge in [-0.3, -0.25) is 4.57 Å². The number of aromatic nitrogens is 4. The molecule has 0 aliphatic heterocycles. The molecule has 0 aliphatic carbocycles. The van der Waals surface area contributed by atoms with E-state index >= 15 is 0 Å². The first-order valence-corrected chi connectivity index (χ1v) is 9.06. The summed E-state index contributed by atoms with van der Waals surface area (Å²) >= 11 is 0. The van der Waals surface area contributed by atoms with Crippen LogP contribution >= 0.6 is 0 Å². The molecule has 0 spiro atoms. The number of rotatable bonds is 5. The van der Waals surface area contributed by atoms with Crippen LogP contribution in [0.15, 0.2) is 48.5 Å². The molecule has 0 atom stereocenters. The monoisotopic (exact) mass is 376 g/mol. The zero-order valence-electron chi connectivity index (χ0n) is 15.8. The molecule has 0 saturated heterocycles. The Labute approximate surface area is 162 Å². The van der Waals surface area contributed by atoms with Gasteiger partial charge in [0.1, 0.15) is 11.6 Å². The Morgan fingerprint density at radius 1 is 1.04 bits per heavy atom. The fourth-order valence-corrected chi connectivity index (χ4v) is 3.34. The van der Waals surface area contributed by atoms with Crippen LogP contribution in [0.1, 0.15) is 22.6 Å². The van der Waals surface area contributed by atoms with Gasteiger partial charge in [0.2, 0.25) is 11.9 Å². The number of aryl methyl sites for hydroxylation is 2. The first-order valence-electron chi connectivity index (χ1n) is 9.06. The van der Waals surface area contributed by atoms with Gasteiger partial charge < -0.3 is 11.1 Å². The average Bonchev–Trinajstić information content (AvgIpc) is 3.02. The van der Waals surface area contributed by atoms with E-state index in [9.17, 15) is 4.39 Å². The third-order valence-electron chi connectivity index (χ3n) is 4.62. The number of nitrogens with two attached hydrogens (primary N) is 1. The van der Waals surface area contributed by atoms with E-state index in [1.54, 1.807) is 6.07 Å². The lowest BCUT2D eigenvalue weighted by Crippen LogP contribution is -2.11. The first kappa shape index (κ1) is 18.1. The number of nitrogens with zero attached hydrogens (tertiary/aromatic N) is 4. The molecule has 0 bridgehead atoms. The predicted molar refractivity (Wildman–Crippen MR) is 108 cm³/mol. The first-order chi connectivity index (χ1) is 13.5. The van der Waals surface area contributed by atoms with Gasteiger partial charge in [-0.25, -0.2) is 4.39 Å². The van der Waals surface area contributed by atoms with Crippen LogP contribution in [0.4, 0.5) is 10.3 Å². The molecule has 4 rings (SSSR count). The molecule has 4 aromatic rings. The SMILES string of the molecule is Cc1nc(NCc2cccc(F)c2)nc(-n2c(C)cc3c(CN)cccc32)n1. The molecule has 6 nitrogen and oxygen atoms in total. The van der Waals surface area contributed by atoms with Crippen LogP contribution in [0.25, 0.3) is 16.9 Å². The molecule has 0 unspecified atom stereocenters. The second-order valence-electron chi connectivity index (χ2n) is 6.66. The minimum absolute atomic E-state index is 0.267. The van der Waals surface area contributed by atoms with Crippen LogP contribution in [0.2, 0.25) is 0 Å². The Morgan fingerprint density at radius 3 is 2.64 bits per heavy atom. The van der Waals surface area contributed by atoms with E-state index in [4.69, 9.17) is 5.73 Å². The number of halogens is 1. The molecule has 0 amide bonds. The van der Waals surface area contributed by atoms with Crippen molar-refractivity contribution in [3.05, 3.63) is 77.0 Å². The maximum Gasteiger partial charge on any atom is 0.239 e. The zero-order valence-corrected chi connectivity index (χ0v) is 15.8. The van der Waals surface area contributed by atoms with Crippen LogP contribution in [0.5, 0.6) is 0 Å². The highest BCUT2D eigenvalue weighted by molar-refractivity contribution is 5.86. The van der Waals surface area contributed by atoms with Crippen LogP contribution in [-0.4, -0.2) is 19.5 Å². The molecule has 2 aromatic carbocycles. The van der Waals surface area contributed by atoms with Crippen molar-refractivity contribution < 1.29 is 4.39 Å². The molecule has 0 saturated carbocycles. The normalized spacial score (nSPS) is 11.1. The minimum Gasteiger partial charge on any atom is -0.350 e. The van der Waals surface area contributed by atoms with Crippen LogP contribution < -0.4 is 11.1 Å². The van der Waals surface area contributed by atoms with Crippen LogP contribution in [0.3, 0.4) is 0 Å². The average molecular weight is 376 g/mol. The number of nitrogens with one attached hydrogen (secondary N) is 1. The summed E-state index contributed by atoms with van der Waals surface area (Å²) in [5, 5.41) is 4.25. The Kier molecular flexibility index (Phi) is 4.75. The van der Waals surface area contributed by atoms with Crippen molar-refractivity contribution in [3.8, 4) is 5.95 Å². The van der Waals surface area contributed by atoms with Gasteiger partial charge in [0, 0.05) is 24.2 Å². The molecule has 28 heavy (non-hydrogen) atoms. The summed E-state index contributed by atoms with van der Waals surface area (Å²) in [7, 11) is 0. The molecule has 2 heterocycles. The van der Waals surface area contributed by atoms with Crippen molar-refractivity contribution in [2.75, 3.05) is 5.32 Å². The topological polar surface area (TPSA) is 81.7 Å². The van der Waals surface area contributed by atoms with Crippen LogP contribution in [0, 0.1) is 19.7 Å². The second kappa shape index (κ2) is 7.36. The highest BCUT2D eigenvalue weighted by Gasteiger charge is 2.14. The molecule has 142 valence electrons. The minimum atomic E-state index is -0.267. The summed E-state index contributed by atoms with van der Waals surface area (Å²) in [5.41, 5.74) is 9.79. The Morgan fingerprint density at radius 2 is 1.86 bits per heavy atom. The van der Waals surface area contributed by atoms with E-state index in [2.05, 4.69) is 26.3 Å². The summed E-state index contributed by atoms with van der Waals surface area (Å²) in [6.45, 7) is 4.73. The van der Waals surface area contributed by atoms with Crippen molar-refractivity contribution in [3.63, 3.8) is 0 Å². The lowest BCUT2D eigenvalue weighted by molar-refractivity contribution is 0.626. The van der Waals surface area contributed by atoms with Crippen molar-refractivity contribution >= 4 is 16.9 Å². The third-order valence-corrected chi connectivity index (χ3v) is 4.62. The van der Waals surface area contributed by atoms with Gasteiger partial charge in [0.15, 0.2) is 0 Å². The van der Waals surface area contributed by atoms with Gasteiger partial charge in [-0.15, -0.1) is 0 Å². The molecule has 2 aromatic heterocycles. The summed E-state index contributed by atoms with van der Waals surface area (Å²) in [5.74, 6) is 1.32. The second-order valence-corrected chi connectivity index (χ2v) is 6.66. The summed E-state index contributed by atoms with van der Waals surface area (Å²) in [6.07, 6.45) is 0. The number of fused-ring (bicyclic) bond motifs is 1. The van der Waals surface area contributed by atoms with E-state index in [1.165, 1.54) is 12.1 Å². The quantitative estimate of drug-likeness (QED) is 0.556. The largest absolute Gasteiger partial charge is 0.350 e. The van der Waals surface area contributed by atoms with Gasteiger partial charge in [0.05, 0.1) is 5.52 Å². The van der Waals surface area contributed by atoms with Crippen molar-refractivity contribution in [1.29, 1.82) is 0 Å². The number of hydrogen-bond acceptors (Lipinski definition) is 5. The number of anilines is 1. The van der Waals surface area contributed by atoms with E-state index < -0.39 is 0 Å². The lowest BCUT2D eigenvalue weighted by Gasteiger charge is -2.11. The van der Waals surface area contributed by atoms with Gasteiger partial charge in [0.25, 0.3) is 0 Å². The van der Waals surface area contributed by atoms with Crippen molar-refractivity contribution in [1.82, 2.24) is 19.5 Å². The highest BCUT2D eigenvalue weighted by Crippen LogP contribution is 2.25. The molecule has 0 radical (unpaired) electrons. The molecular weight excluding hydrogens is 355 g/mol. The van der Waals surface area contributed by atoms with E-state index in [0.717, 1.165) is 27.7 Å². The van der Waals surface area contributed by atoms with E-state index in [-0.39, 0.29) is 5.82 Å². The van der Waals surface area contributed by atoms with Gasteiger partial charge in [-0.1, -0.05) is 24.3 Å². The maximum atomic E-state index is 13.4. The fourth-order valence-electron chi connectivity index (χ4n) is 3.34. The Balaban J connectivity index is 1.71. The molecule has 7 heteroatoms. The molecule has 0 aliphatic rings. The number of hydrogen-bond donors (Lipinski definition) is 2. The summed E-state index contributed by atoms with van der Waals surface area (Å²) in [4.78, 5) is 13.5. The van der Waals surface area contributed by atoms with E-state index in [0.29, 0.717) is 30.8 Å². The van der Waals surface area contributed by atoms with Gasteiger partial charge in [-0.2, -0.15) is 15.0 Å². The van der Waals surface area contributed by atoms with E-state index in [1.807, 2.05) is 42.7 Å².